The fourth-order valence-corrected chi connectivity index (χ4v) is 5.09. The van der Waals surface area contributed by atoms with Crippen LogP contribution in [-0.4, -0.2) is 35.5 Å². The lowest BCUT2D eigenvalue weighted by molar-refractivity contribution is -0.114. The molecule has 0 atom stereocenters. The number of carbonyl (C=O) groups is 1. The molecule has 0 aliphatic heterocycles. The Balaban J connectivity index is 1.71. The topological polar surface area (TPSA) is 113 Å². The number of amides is 1. The highest BCUT2D eigenvalue weighted by molar-refractivity contribution is 7.92. The number of sulfonamides is 2. The third-order valence-electron chi connectivity index (χ3n) is 5.01. The van der Waals surface area contributed by atoms with Crippen molar-refractivity contribution in [3.05, 3.63) is 82.9 Å². The van der Waals surface area contributed by atoms with Crippen LogP contribution in [0.2, 0.25) is 5.02 Å². The number of hydrogen-bond donors (Lipinski definition) is 2. The number of nitrogens with zero attached hydrogens (tertiary/aromatic N) is 1. The van der Waals surface area contributed by atoms with Gasteiger partial charge in [0.1, 0.15) is 6.54 Å². The van der Waals surface area contributed by atoms with E-state index in [-0.39, 0.29) is 4.90 Å². The van der Waals surface area contributed by atoms with Crippen LogP contribution in [0.3, 0.4) is 0 Å². The summed E-state index contributed by atoms with van der Waals surface area (Å²) < 4.78 is 53.2. The van der Waals surface area contributed by atoms with E-state index in [0.717, 1.165) is 21.7 Å². The third-order valence-corrected chi connectivity index (χ3v) is 7.80. The molecule has 3 rings (SSSR count). The second-order valence-electron chi connectivity index (χ2n) is 7.72. The molecule has 180 valence electrons. The van der Waals surface area contributed by atoms with Gasteiger partial charge in [0, 0.05) is 16.4 Å². The largest absolute Gasteiger partial charge is 0.325 e. The van der Waals surface area contributed by atoms with E-state index in [0.29, 0.717) is 22.1 Å². The minimum absolute atomic E-state index is 0.00616. The van der Waals surface area contributed by atoms with E-state index in [2.05, 4.69) is 10.0 Å². The Labute approximate surface area is 204 Å². The highest BCUT2D eigenvalue weighted by Crippen LogP contribution is 2.22. The van der Waals surface area contributed by atoms with Crippen molar-refractivity contribution in [2.24, 2.45) is 0 Å². The molecular formula is C23H24ClN3O5S2. The number of carbonyl (C=O) groups excluding carboxylic acids is 1. The summed E-state index contributed by atoms with van der Waals surface area (Å²) in [5.41, 5.74) is 2.96. The average Bonchev–Trinajstić information content (AvgIpc) is 2.75. The minimum Gasteiger partial charge on any atom is -0.325 e. The van der Waals surface area contributed by atoms with Crippen LogP contribution in [0.15, 0.2) is 71.6 Å². The van der Waals surface area contributed by atoms with Crippen molar-refractivity contribution >= 4 is 54.6 Å². The van der Waals surface area contributed by atoms with E-state index in [1.165, 1.54) is 36.4 Å². The van der Waals surface area contributed by atoms with Crippen molar-refractivity contribution in [3.8, 4) is 0 Å². The van der Waals surface area contributed by atoms with Gasteiger partial charge >= 0.3 is 0 Å². The molecule has 3 aromatic rings. The summed E-state index contributed by atoms with van der Waals surface area (Å²) in [6.45, 7) is 3.34. The molecule has 3 aromatic carbocycles. The number of hydrogen-bond acceptors (Lipinski definition) is 5. The summed E-state index contributed by atoms with van der Waals surface area (Å²) >= 11 is 5.81. The maximum Gasteiger partial charge on any atom is 0.261 e. The lowest BCUT2D eigenvalue weighted by atomic mass is 10.1. The molecular weight excluding hydrogens is 498 g/mol. The second-order valence-corrected chi connectivity index (χ2v) is 11.7. The number of aryl methyl sites for hydroxylation is 2. The molecule has 11 heteroatoms. The Kier molecular flexibility index (Phi) is 7.54. The number of benzene rings is 3. The standard InChI is InChI=1S/C23H24ClN3O5S2/c1-16-4-11-21(14-17(16)2)27(33(3,29)30)15-23(28)25-19-9-12-22(13-10-19)34(31,32)26-20-7-5-18(24)6-8-20/h4-14,26H,15H2,1-3H3,(H,25,28). The molecule has 34 heavy (non-hydrogen) atoms. The van der Waals surface area contributed by atoms with Gasteiger partial charge in [-0.1, -0.05) is 17.7 Å². The van der Waals surface area contributed by atoms with Gasteiger partial charge in [-0.15, -0.1) is 0 Å². The summed E-state index contributed by atoms with van der Waals surface area (Å²) in [5, 5.41) is 3.08. The minimum atomic E-state index is -3.85. The molecule has 1 amide bonds. The molecule has 0 saturated carbocycles. The van der Waals surface area contributed by atoms with Gasteiger partial charge in [0.2, 0.25) is 15.9 Å². The van der Waals surface area contributed by atoms with E-state index in [9.17, 15) is 21.6 Å². The van der Waals surface area contributed by atoms with E-state index in [4.69, 9.17) is 11.6 Å². The van der Waals surface area contributed by atoms with Crippen molar-refractivity contribution in [1.82, 2.24) is 0 Å². The van der Waals surface area contributed by atoms with Crippen LogP contribution in [0.5, 0.6) is 0 Å². The molecule has 0 radical (unpaired) electrons. The van der Waals surface area contributed by atoms with Crippen molar-refractivity contribution < 1.29 is 21.6 Å². The summed E-state index contributed by atoms with van der Waals surface area (Å²) in [7, 11) is -7.56. The van der Waals surface area contributed by atoms with Crippen molar-refractivity contribution in [3.63, 3.8) is 0 Å². The molecule has 0 aliphatic rings. The fourth-order valence-electron chi connectivity index (χ4n) is 3.06. The Morgan fingerprint density at radius 2 is 1.44 bits per heavy atom. The highest BCUT2D eigenvalue weighted by Gasteiger charge is 2.21. The molecule has 2 N–H and O–H groups in total. The number of halogens is 1. The molecule has 0 fully saturated rings. The van der Waals surface area contributed by atoms with E-state index in [1.54, 1.807) is 30.3 Å². The van der Waals surface area contributed by atoms with Crippen LogP contribution in [0.4, 0.5) is 17.1 Å². The van der Waals surface area contributed by atoms with Gasteiger partial charge in [-0.05, 0) is 85.6 Å². The highest BCUT2D eigenvalue weighted by atomic mass is 35.5. The van der Waals surface area contributed by atoms with E-state index in [1.807, 2.05) is 13.8 Å². The maximum absolute atomic E-state index is 12.6. The lowest BCUT2D eigenvalue weighted by Crippen LogP contribution is -2.37. The average molecular weight is 522 g/mol. The quantitative estimate of drug-likeness (QED) is 0.462. The molecule has 0 heterocycles. The first-order valence-electron chi connectivity index (χ1n) is 10.1. The fraction of sp³-hybridized carbons (Fsp3) is 0.174. The third kappa shape index (κ3) is 6.49. The summed E-state index contributed by atoms with van der Waals surface area (Å²) in [6, 6.07) is 16.9. The molecule has 0 saturated heterocycles. The Morgan fingerprint density at radius 3 is 2.00 bits per heavy atom. The lowest BCUT2D eigenvalue weighted by Gasteiger charge is -2.22. The van der Waals surface area contributed by atoms with Gasteiger partial charge in [-0.3, -0.25) is 13.8 Å². The van der Waals surface area contributed by atoms with Crippen molar-refractivity contribution in [2.75, 3.05) is 27.1 Å². The van der Waals surface area contributed by atoms with Gasteiger partial charge in [0.15, 0.2) is 0 Å². The van der Waals surface area contributed by atoms with Crippen LogP contribution in [0.25, 0.3) is 0 Å². The van der Waals surface area contributed by atoms with Crippen LogP contribution in [0, 0.1) is 13.8 Å². The smallest absolute Gasteiger partial charge is 0.261 e. The van der Waals surface area contributed by atoms with E-state index < -0.39 is 32.5 Å². The number of rotatable bonds is 8. The number of nitrogens with one attached hydrogen (secondary N) is 2. The molecule has 0 spiro atoms. The van der Waals surface area contributed by atoms with E-state index >= 15 is 0 Å². The predicted molar refractivity (Wildman–Crippen MR) is 135 cm³/mol. The van der Waals surface area contributed by atoms with Gasteiger partial charge in [-0.2, -0.15) is 0 Å². The SMILES string of the molecule is Cc1ccc(N(CC(=O)Nc2ccc(S(=O)(=O)Nc3ccc(Cl)cc3)cc2)S(C)(=O)=O)cc1C. The Bertz CT molecular complexity index is 1410. The zero-order chi connectivity index (χ0) is 25.1. The van der Waals surface area contributed by atoms with Crippen LogP contribution in [0.1, 0.15) is 11.1 Å². The normalized spacial score (nSPS) is 11.6. The van der Waals surface area contributed by atoms with Crippen LogP contribution >= 0.6 is 11.6 Å². The summed E-state index contributed by atoms with van der Waals surface area (Å²) in [4.78, 5) is 12.6. The predicted octanol–water partition coefficient (Wildman–Crippen LogP) is 4.16. The van der Waals surface area contributed by atoms with Crippen molar-refractivity contribution in [1.29, 1.82) is 0 Å². The van der Waals surface area contributed by atoms with Gasteiger partial charge in [0.05, 0.1) is 16.8 Å². The molecule has 0 bridgehead atoms. The summed E-state index contributed by atoms with van der Waals surface area (Å²) in [6.07, 6.45) is 1.03. The zero-order valence-corrected chi connectivity index (χ0v) is 21.1. The molecule has 0 unspecified atom stereocenters. The van der Waals surface area contributed by atoms with Gasteiger partial charge in [0.25, 0.3) is 10.0 Å². The Hall–Kier alpha value is -3.08. The first kappa shape index (κ1) is 25.5. The second kappa shape index (κ2) is 10.0. The molecule has 0 aliphatic carbocycles. The van der Waals surface area contributed by atoms with Gasteiger partial charge < -0.3 is 5.32 Å². The first-order valence-corrected chi connectivity index (χ1v) is 13.8. The first-order chi connectivity index (χ1) is 15.8. The van der Waals surface area contributed by atoms with Gasteiger partial charge in [-0.25, -0.2) is 16.8 Å². The van der Waals surface area contributed by atoms with Crippen LogP contribution in [-0.2, 0) is 24.8 Å². The maximum atomic E-state index is 12.6. The number of anilines is 3. The van der Waals surface area contributed by atoms with Crippen LogP contribution < -0.4 is 14.3 Å². The molecule has 8 nitrogen and oxygen atoms in total. The molecule has 0 aromatic heterocycles. The Morgan fingerprint density at radius 1 is 0.853 bits per heavy atom. The van der Waals surface area contributed by atoms with Crippen molar-refractivity contribution in [2.45, 2.75) is 18.7 Å². The zero-order valence-electron chi connectivity index (χ0n) is 18.7. The monoisotopic (exact) mass is 521 g/mol. The summed E-state index contributed by atoms with van der Waals surface area (Å²) in [5.74, 6) is -0.571.